The molecule has 2 rings (SSSR count). The summed E-state index contributed by atoms with van der Waals surface area (Å²) in [6.45, 7) is 2.76. The lowest BCUT2D eigenvalue weighted by atomic mass is 10.1. The van der Waals surface area contributed by atoms with E-state index in [1.165, 1.54) is 0 Å². The van der Waals surface area contributed by atoms with E-state index >= 15 is 0 Å². The molecule has 5 heteroatoms. The Kier molecular flexibility index (Phi) is 4.19. The van der Waals surface area contributed by atoms with Gasteiger partial charge in [-0.1, -0.05) is 30.7 Å². The molecule has 1 aromatic carbocycles. The van der Waals surface area contributed by atoms with Crippen molar-refractivity contribution < 1.29 is 4.79 Å². The van der Waals surface area contributed by atoms with Gasteiger partial charge in [-0.3, -0.25) is 9.48 Å². The fraction of sp³-hybridized carbons (Fsp3) is 0.231. The molecule has 0 saturated carbocycles. The van der Waals surface area contributed by atoms with Crippen molar-refractivity contribution in [2.24, 2.45) is 0 Å². The third-order valence-corrected chi connectivity index (χ3v) is 3.35. The molecule has 0 aliphatic carbocycles. The highest BCUT2D eigenvalue weighted by molar-refractivity contribution is 9.10. The Morgan fingerprint density at radius 1 is 1.50 bits per heavy atom. The van der Waals surface area contributed by atoms with Crippen LogP contribution in [0.1, 0.15) is 29.4 Å². The molecule has 2 aromatic rings. The summed E-state index contributed by atoms with van der Waals surface area (Å²) in [5.74, 6) is -0.0738. The van der Waals surface area contributed by atoms with Crippen molar-refractivity contribution in [3.63, 3.8) is 0 Å². The molecule has 0 unspecified atom stereocenters. The van der Waals surface area contributed by atoms with Gasteiger partial charge in [0.15, 0.2) is 0 Å². The number of halogens is 2. The minimum Gasteiger partial charge on any atom is -0.287 e. The minimum atomic E-state index is -0.0738. The molecule has 18 heavy (non-hydrogen) atoms. The normalized spacial score (nSPS) is 10.6. The zero-order valence-corrected chi connectivity index (χ0v) is 12.2. The second-order valence-electron chi connectivity index (χ2n) is 3.90. The first-order valence-corrected chi connectivity index (χ1v) is 6.82. The lowest BCUT2D eigenvalue weighted by Gasteiger charge is -2.06. The van der Waals surface area contributed by atoms with E-state index in [4.69, 9.17) is 11.6 Å². The number of aromatic nitrogens is 2. The molecule has 0 radical (unpaired) electrons. The molecule has 1 aromatic heterocycles. The van der Waals surface area contributed by atoms with Crippen molar-refractivity contribution >= 4 is 33.3 Å². The maximum Gasteiger partial charge on any atom is 0.212 e. The molecule has 94 valence electrons. The molecule has 0 amide bonds. The van der Waals surface area contributed by atoms with Gasteiger partial charge in [0.1, 0.15) is 5.69 Å². The third kappa shape index (κ3) is 2.65. The van der Waals surface area contributed by atoms with Gasteiger partial charge in [0.2, 0.25) is 5.78 Å². The van der Waals surface area contributed by atoms with Gasteiger partial charge < -0.3 is 0 Å². The van der Waals surface area contributed by atoms with E-state index in [1.54, 1.807) is 35.1 Å². The van der Waals surface area contributed by atoms with Crippen LogP contribution in [-0.2, 0) is 6.54 Å². The van der Waals surface area contributed by atoms with Crippen LogP contribution in [0.25, 0.3) is 0 Å². The van der Waals surface area contributed by atoms with Crippen molar-refractivity contribution in [1.82, 2.24) is 9.78 Å². The first kappa shape index (κ1) is 13.3. The molecule has 3 nitrogen and oxygen atoms in total. The summed E-state index contributed by atoms with van der Waals surface area (Å²) in [4.78, 5) is 12.4. The summed E-state index contributed by atoms with van der Waals surface area (Å²) in [5, 5.41) is 4.74. The van der Waals surface area contributed by atoms with Gasteiger partial charge in [0.25, 0.3) is 0 Å². The number of aryl methyl sites for hydroxylation is 1. The largest absolute Gasteiger partial charge is 0.287 e. The van der Waals surface area contributed by atoms with Gasteiger partial charge in [-0.05, 0) is 34.5 Å². The maximum absolute atomic E-state index is 12.4. The van der Waals surface area contributed by atoms with Crippen LogP contribution in [0.2, 0.25) is 5.02 Å². The Balaban J connectivity index is 2.42. The molecule has 0 fully saturated rings. The summed E-state index contributed by atoms with van der Waals surface area (Å²) in [5.41, 5.74) is 1.14. The van der Waals surface area contributed by atoms with Crippen molar-refractivity contribution in [2.45, 2.75) is 19.9 Å². The SMILES string of the molecule is CCCn1ncc(Br)c1C(=O)c1cccc(Cl)c1. The van der Waals surface area contributed by atoms with Gasteiger partial charge >= 0.3 is 0 Å². The predicted molar refractivity (Wildman–Crippen MR) is 75.1 cm³/mol. The van der Waals surface area contributed by atoms with Gasteiger partial charge in [-0.15, -0.1) is 0 Å². The highest BCUT2D eigenvalue weighted by Crippen LogP contribution is 2.21. The van der Waals surface area contributed by atoms with Crippen LogP contribution >= 0.6 is 27.5 Å². The highest BCUT2D eigenvalue weighted by Gasteiger charge is 2.18. The fourth-order valence-electron chi connectivity index (χ4n) is 1.74. The van der Waals surface area contributed by atoms with E-state index in [0.29, 0.717) is 27.3 Å². The smallest absolute Gasteiger partial charge is 0.212 e. The van der Waals surface area contributed by atoms with Crippen LogP contribution in [-0.4, -0.2) is 15.6 Å². The van der Waals surface area contributed by atoms with E-state index in [1.807, 2.05) is 6.92 Å². The third-order valence-electron chi connectivity index (χ3n) is 2.53. The Bertz CT molecular complexity index is 580. The molecule has 0 aliphatic heterocycles. The predicted octanol–water partition coefficient (Wildman–Crippen LogP) is 3.94. The number of carbonyl (C=O) groups is 1. The Labute approximate surface area is 119 Å². The lowest BCUT2D eigenvalue weighted by Crippen LogP contribution is -2.12. The number of rotatable bonds is 4. The lowest BCUT2D eigenvalue weighted by molar-refractivity contribution is 0.102. The Hall–Kier alpha value is -1.13. The highest BCUT2D eigenvalue weighted by atomic mass is 79.9. The standard InChI is InChI=1S/C13H12BrClN2O/c1-2-6-17-12(11(14)8-16-17)13(18)9-4-3-5-10(15)7-9/h3-5,7-8H,2,6H2,1H3. The van der Waals surface area contributed by atoms with Crippen LogP contribution in [0.3, 0.4) is 0 Å². The second-order valence-corrected chi connectivity index (χ2v) is 5.19. The van der Waals surface area contributed by atoms with Crippen LogP contribution in [0.15, 0.2) is 34.9 Å². The number of ketones is 1. The Morgan fingerprint density at radius 3 is 2.94 bits per heavy atom. The number of nitrogens with zero attached hydrogens (tertiary/aromatic N) is 2. The molecule has 0 atom stereocenters. The number of hydrogen-bond donors (Lipinski definition) is 0. The first-order valence-electron chi connectivity index (χ1n) is 5.65. The number of benzene rings is 1. The first-order chi connectivity index (χ1) is 8.63. The van der Waals surface area contributed by atoms with E-state index < -0.39 is 0 Å². The zero-order chi connectivity index (χ0) is 13.1. The maximum atomic E-state index is 12.4. The van der Waals surface area contributed by atoms with Crippen LogP contribution in [0.5, 0.6) is 0 Å². The minimum absolute atomic E-state index is 0.0738. The van der Waals surface area contributed by atoms with E-state index in [2.05, 4.69) is 21.0 Å². The molecule has 0 spiro atoms. The molecular weight excluding hydrogens is 316 g/mol. The van der Waals surface area contributed by atoms with Crippen molar-refractivity contribution in [3.05, 3.63) is 51.2 Å². The summed E-state index contributed by atoms with van der Waals surface area (Å²) in [6.07, 6.45) is 2.57. The zero-order valence-electron chi connectivity index (χ0n) is 9.86. The average Bonchev–Trinajstić information content (AvgIpc) is 2.70. The molecule has 0 N–H and O–H groups in total. The summed E-state index contributed by atoms with van der Waals surface area (Å²) in [6, 6.07) is 6.93. The number of carbonyl (C=O) groups excluding carboxylic acids is 1. The molecule has 0 aliphatic rings. The summed E-state index contributed by atoms with van der Waals surface area (Å²) in [7, 11) is 0. The van der Waals surface area contributed by atoms with Gasteiger partial charge in [-0.2, -0.15) is 5.10 Å². The molecule has 1 heterocycles. The van der Waals surface area contributed by atoms with E-state index in [9.17, 15) is 4.79 Å². The van der Waals surface area contributed by atoms with Gasteiger partial charge in [0, 0.05) is 17.1 Å². The summed E-state index contributed by atoms with van der Waals surface area (Å²) >= 11 is 9.27. The Morgan fingerprint density at radius 2 is 2.28 bits per heavy atom. The monoisotopic (exact) mass is 326 g/mol. The second kappa shape index (κ2) is 5.67. The average molecular weight is 328 g/mol. The quantitative estimate of drug-likeness (QED) is 0.797. The van der Waals surface area contributed by atoms with E-state index in [0.717, 1.165) is 6.42 Å². The van der Waals surface area contributed by atoms with Crippen LogP contribution in [0.4, 0.5) is 0 Å². The number of hydrogen-bond acceptors (Lipinski definition) is 2. The molecular formula is C13H12BrClN2O. The van der Waals surface area contributed by atoms with Crippen molar-refractivity contribution in [3.8, 4) is 0 Å². The fourth-order valence-corrected chi connectivity index (χ4v) is 2.40. The van der Waals surface area contributed by atoms with Crippen molar-refractivity contribution in [1.29, 1.82) is 0 Å². The van der Waals surface area contributed by atoms with Crippen LogP contribution in [0, 0.1) is 0 Å². The van der Waals surface area contributed by atoms with Crippen molar-refractivity contribution in [2.75, 3.05) is 0 Å². The van der Waals surface area contributed by atoms with Gasteiger partial charge in [0.05, 0.1) is 10.7 Å². The van der Waals surface area contributed by atoms with Gasteiger partial charge in [-0.25, -0.2) is 0 Å². The van der Waals surface area contributed by atoms with Crippen LogP contribution < -0.4 is 0 Å². The molecule has 0 saturated heterocycles. The summed E-state index contributed by atoms with van der Waals surface area (Å²) < 4.78 is 2.42. The van der Waals surface area contributed by atoms with E-state index in [-0.39, 0.29) is 5.78 Å². The topological polar surface area (TPSA) is 34.9 Å². The molecule has 0 bridgehead atoms.